The molecule has 2 fully saturated rings. The number of nitrogens with one attached hydrogen (secondary N) is 2. The lowest BCUT2D eigenvalue weighted by Gasteiger charge is -2.33. The van der Waals surface area contributed by atoms with E-state index in [1.165, 1.54) is 10.8 Å². The number of carbonyl (C=O) groups excluding carboxylic acids is 1. The molecule has 1 atom stereocenters. The van der Waals surface area contributed by atoms with Gasteiger partial charge < -0.3 is 20.3 Å². The number of morpholine rings is 1. The maximum absolute atomic E-state index is 12.9. The second-order valence-corrected chi connectivity index (χ2v) is 7.87. The molecule has 2 N–H and O–H groups in total. The van der Waals surface area contributed by atoms with Crippen LogP contribution in [0.2, 0.25) is 0 Å². The molecule has 3 heterocycles. The first kappa shape index (κ1) is 19.0. The van der Waals surface area contributed by atoms with Crippen LogP contribution in [0.1, 0.15) is 12.2 Å². The van der Waals surface area contributed by atoms with Crippen LogP contribution in [0.4, 0.5) is 4.79 Å². The van der Waals surface area contributed by atoms with Gasteiger partial charge in [-0.15, -0.1) is 0 Å². The van der Waals surface area contributed by atoms with Gasteiger partial charge in [0.1, 0.15) is 5.54 Å². The van der Waals surface area contributed by atoms with Crippen molar-refractivity contribution in [3.8, 4) is 11.3 Å². The molecule has 0 unspecified atom stereocenters. The summed E-state index contributed by atoms with van der Waals surface area (Å²) in [5.41, 5.74) is 1.29. The van der Waals surface area contributed by atoms with E-state index < -0.39 is 5.54 Å². The van der Waals surface area contributed by atoms with Gasteiger partial charge in [-0.05, 0) is 35.9 Å². The molecule has 2 aliphatic rings. The van der Waals surface area contributed by atoms with Gasteiger partial charge in [-0.3, -0.25) is 0 Å². The average molecular weight is 403 g/mol. The minimum absolute atomic E-state index is 0.0818. The molecule has 0 saturated carbocycles. The number of rotatable bonds is 3. The minimum atomic E-state index is -0.609. The van der Waals surface area contributed by atoms with Crippen molar-refractivity contribution in [1.82, 2.24) is 25.5 Å². The summed E-state index contributed by atoms with van der Waals surface area (Å²) in [7, 11) is 0. The molecule has 7 heteroatoms. The maximum Gasteiger partial charge on any atom is 0.318 e. The first-order valence-corrected chi connectivity index (χ1v) is 10.4. The Hall–Kier alpha value is -3.03. The number of amides is 2. The third kappa shape index (κ3) is 3.62. The molecule has 0 aliphatic carbocycles. The third-order valence-electron chi connectivity index (χ3n) is 5.93. The van der Waals surface area contributed by atoms with E-state index in [0.717, 1.165) is 24.2 Å². The summed E-state index contributed by atoms with van der Waals surface area (Å²) in [4.78, 5) is 24.2. The summed E-state index contributed by atoms with van der Waals surface area (Å²) < 4.78 is 5.37. The molecule has 0 radical (unpaired) electrons. The van der Waals surface area contributed by atoms with Crippen molar-refractivity contribution in [3.05, 3.63) is 60.6 Å². The van der Waals surface area contributed by atoms with Crippen LogP contribution in [0.5, 0.6) is 0 Å². The van der Waals surface area contributed by atoms with Gasteiger partial charge in [0.25, 0.3) is 0 Å². The Morgan fingerprint density at radius 3 is 2.73 bits per heavy atom. The normalized spacial score (nSPS) is 21.7. The lowest BCUT2D eigenvalue weighted by Crippen LogP contribution is -2.55. The SMILES string of the molecule is O=C(N[C@@]1(c2nccc(-c3ccc4ccccc4c3)n2)CCNC1)N1CCOCC1. The number of aromatic nitrogens is 2. The van der Waals surface area contributed by atoms with Crippen LogP contribution < -0.4 is 10.6 Å². The molecule has 7 nitrogen and oxygen atoms in total. The zero-order chi connectivity index (χ0) is 20.4. The Labute approximate surface area is 175 Å². The summed E-state index contributed by atoms with van der Waals surface area (Å²) >= 11 is 0. The van der Waals surface area contributed by atoms with Gasteiger partial charge in [-0.1, -0.05) is 36.4 Å². The fourth-order valence-electron chi connectivity index (χ4n) is 4.19. The first-order chi connectivity index (χ1) is 14.7. The van der Waals surface area contributed by atoms with Crippen molar-refractivity contribution in [2.75, 3.05) is 39.4 Å². The first-order valence-electron chi connectivity index (χ1n) is 10.4. The quantitative estimate of drug-likeness (QED) is 0.703. The number of nitrogens with zero attached hydrogens (tertiary/aromatic N) is 3. The Morgan fingerprint density at radius 1 is 1.10 bits per heavy atom. The van der Waals surface area contributed by atoms with Crippen LogP contribution >= 0.6 is 0 Å². The molecule has 1 aromatic heterocycles. The molecule has 5 rings (SSSR count). The predicted molar refractivity (Wildman–Crippen MR) is 115 cm³/mol. The number of fused-ring (bicyclic) bond motifs is 1. The van der Waals surface area contributed by atoms with Crippen LogP contribution in [0.15, 0.2) is 54.7 Å². The van der Waals surface area contributed by atoms with Crippen LogP contribution in [0.25, 0.3) is 22.0 Å². The zero-order valence-corrected chi connectivity index (χ0v) is 16.8. The summed E-state index contributed by atoms with van der Waals surface area (Å²) in [6.45, 7) is 3.79. The maximum atomic E-state index is 12.9. The van der Waals surface area contributed by atoms with Gasteiger partial charge >= 0.3 is 6.03 Å². The molecule has 2 aliphatic heterocycles. The van der Waals surface area contributed by atoms with Crippen LogP contribution in [0, 0.1) is 0 Å². The van der Waals surface area contributed by atoms with Crippen molar-refractivity contribution in [3.63, 3.8) is 0 Å². The highest BCUT2D eigenvalue weighted by Gasteiger charge is 2.41. The largest absolute Gasteiger partial charge is 0.378 e. The summed E-state index contributed by atoms with van der Waals surface area (Å²) in [6, 6.07) is 16.5. The van der Waals surface area contributed by atoms with E-state index in [1.807, 2.05) is 18.2 Å². The van der Waals surface area contributed by atoms with Crippen molar-refractivity contribution in [2.24, 2.45) is 0 Å². The Bertz CT molecular complexity index is 1060. The van der Waals surface area contributed by atoms with E-state index in [1.54, 1.807) is 11.1 Å². The number of benzene rings is 2. The Kier molecular flexibility index (Phi) is 5.06. The second-order valence-electron chi connectivity index (χ2n) is 7.87. The standard InChI is InChI=1S/C23H25N5O2/c29-22(28-11-13-30-14-12-28)27-23(8-10-24-16-23)21-25-9-7-20(26-21)19-6-5-17-3-1-2-4-18(17)15-19/h1-7,9,15,24H,8,10-14,16H2,(H,27,29)/t23-/m0/s1. The monoisotopic (exact) mass is 403 g/mol. The summed E-state index contributed by atoms with van der Waals surface area (Å²) in [5, 5.41) is 8.97. The van der Waals surface area contributed by atoms with Crippen molar-refractivity contribution in [2.45, 2.75) is 12.0 Å². The van der Waals surface area contributed by atoms with E-state index in [0.29, 0.717) is 38.7 Å². The van der Waals surface area contributed by atoms with Crippen molar-refractivity contribution in [1.29, 1.82) is 0 Å². The molecule has 0 bridgehead atoms. The molecular weight excluding hydrogens is 378 g/mol. The highest BCUT2D eigenvalue weighted by atomic mass is 16.5. The van der Waals surface area contributed by atoms with E-state index in [9.17, 15) is 4.79 Å². The fourth-order valence-corrected chi connectivity index (χ4v) is 4.19. The number of carbonyl (C=O) groups is 1. The topological polar surface area (TPSA) is 79.4 Å². The predicted octanol–water partition coefficient (Wildman–Crippen LogP) is 2.53. The summed E-state index contributed by atoms with van der Waals surface area (Å²) in [6.07, 6.45) is 2.54. The van der Waals surface area contributed by atoms with Crippen LogP contribution in [0.3, 0.4) is 0 Å². The second kappa shape index (κ2) is 8.01. The molecule has 0 spiro atoms. The average Bonchev–Trinajstić information content (AvgIpc) is 3.29. The number of hydrogen-bond acceptors (Lipinski definition) is 5. The van der Waals surface area contributed by atoms with Crippen molar-refractivity contribution < 1.29 is 9.53 Å². The van der Waals surface area contributed by atoms with Gasteiger partial charge in [0.05, 0.1) is 18.9 Å². The summed E-state index contributed by atoms with van der Waals surface area (Å²) in [5.74, 6) is 0.653. The highest BCUT2D eigenvalue weighted by molar-refractivity contribution is 5.86. The van der Waals surface area contributed by atoms with Gasteiger partial charge in [0, 0.05) is 31.4 Å². The molecule has 2 saturated heterocycles. The van der Waals surface area contributed by atoms with Gasteiger partial charge in [-0.25, -0.2) is 14.8 Å². The Balaban J connectivity index is 1.46. The minimum Gasteiger partial charge on any atom is -0.378 e. The Morgan fingerprint density at radius 2 is 1.93 bits per heavy atom. The van der Waals surface area contributed by atoms with E-state index in [4.69, 9.17) is 9.72 Å². The fraction of sp³-hybridized carbons (Fsp3) is 0.348. The van der Waals surface area contributed by atoms with Crippen LogP contribution in [-0.4, -0.2) is 60.3 Å². The molecule has 2 aromatic carbocycles. The van der Waals surface area contributed by atoms with Crippen molar-refractivity contribution >= 4 is 16.8 Å². The highest BCUT2D eigenvalue weighted by Crippen LogP contribution is 2.28. The molecule has 2 amide bonds. The van der Waals surface area contributed by atoms with Gasteiger partial charge in [0.15, 0.2) is 5.82 Å². The number of hydrogen-bond donors (Lipinski definition) is 2. The van der Waals surface area contributed by atoms with E-state index >= 15 is 0 Å². The van der Waals surface area contributed by atoms with E-state index in [2.05, 4.69) is 45.9 Å². The lowest BCUT2D eigenvalue weighted by molar-refractivity contribution is 0.0509. The zero-order valence-electron chi connectivity index (χ0n) is 16.8. The third-order valence-corrected chi connectivity index (χ3v) is 5.93. The molecule has 30 heavy (non-hydrogen) atoms. The number of urea groups is 1. The lowest BCUT2D eigenvalue weighted by atomic mass is 9.96. The smallest absolute Gasteiger partial charge is 0.318 e. The molecule has 154 valence electrons. The molecule has 3 aromatic rings. The van der Waals surface area contributed by atoms with Gasteiger partial charge in [0.2, 0.25) is 0 Å². The number of ether oxygens (including phenoxy) is 1. The van der Waals surface area contributed by atoms with Gasteiger partial charge in [-0.2, -0.15) is 0 Å². The molecular formula is C23H25N5O2. The van der Waals surface area contributed by atoms with Crippen LogP contribution in [-0.2, 0) is 10.3 Å². The van der Waals surface area contributed by atoms with E-state index in [-0.39, 0.29) is 6.03 Å².